The number of primary amides is 1. The van der Waals surface area contributed by atoms with Crippen LogP contribution in [0, 0.1) is 11.8 Å². The molecule has 3 N–H and O–H groups in total. The lowest BCUT2D eigenvalue weighted by molar-refractivity contribution is -0.122. The molecule has 3 unspecified atom stereocenters. The van der Waals surface area contributed by atoms with E-state index in [4.69, 9.17) is 15.0 Å². The number of anilines is 1. The molecule has 0 aliphatic carbocycles. The molecule has 1 amide bonds. The SMILES string of the molecule is COc1ccc(-c2noc(N3CCC(C(N)=O)CC3CC3CCN(CCO)C3)n2)cc1. The van der Waals surface area contributed by atoms with Gasteiger partial charge in [-0.2, -0.15) is 4.98 Å². The van der Waals surface area contributed by atoms with Gasteiger partial charge in [-0.05, 0) is 62.4 Å². The number of rotatable bonds is 8. The molecule has 9 nitrogen and oxygen atoms in total. The van der Waals surface area contributed by atoms with Crippen LogP contribution in [-0.2, 0) is 4.79 Å². The van der Waals surface area contributed by atoms with Crippen LogP contribution in [0.2, 0.25) is 0 Å². The Morgan fingerprint density at radius 1 is 1.29 bits per heavy atom. The zero-order valence-electron chi connectivity index (χ0n) is 17.9. The Labute approximate surface area is 182 Å². The molecule has 2 aliphatic rings. The maximum absolute atomic E-state index is 11.9. The fourth-order valence-electron chi connectivity index (χ4n) is 4.81. The summed E-state index contributed by atoms with van der Waals surface area (Å²) in [4.78, 5) is 20.9. The Balaban J connectivity index is 1.49. The highest BCUT2D eigenvalue weighted by molar-refractivity contribution is 5.77. The molecule has 2 aliphatic heterocycles. The first kappa shape index (κ1) is 21.6. The zero-order chi connectivity index (χ0) is 21.8. The number of hydrogen-bond acceptors (Lipinski definition) is 8. The van der Waals surface area contributed by atoms with Crippen LogP contribution in [0.1, 0.15) is 25.7 Å². The van der Waals surface area contributed by atoms with E-state index < -0.39 is 0 Å². The molecule has 0 radical (unpaired) electrons. The van der Waals surface area contributed by atoms with Gasteiger partial charge in [0.1, 0.15) is 5.75 Å². The lowest BCUT2D eigenvalue weighted by Gasteiger charge is -2.38. The number of amides is 1. The first-order chi connectivity index (χ1) is 15.1. The first-order valence-corrected chi connectivity index (χ1v) is 10.9. The lowest BCUT2D eigenvalue weighted by Crippen LogP contribution is -2.47. The lowest BCUT2D eigenvalue weighted by atomic mass is 9.85. The van der Waals surface area contributed by atoms with Gasteiger partial charge < -0.3 is 29.9 Å². The molecule has 0 spiro atoms. The van der Waals surface area contributed by atoms with Crippen LogP contribution < -0.4 is 15.4 Å². The van der Waals surface area contributed by atoms with Gasteiger partial charge in [-0.25, -0.2) is 0 Å². The van der Waals surface area contributed by atoms with Crippen LogP contribution in [0.3, 0.4) is 0 Å². The number of aliphatic hydroxyl groups is 1. The number of ether oxygens (including phenoxy) is 1. The van der Waals surface area contributed by atoms with E-state index in [1.54, 1.807) is 7.11 Å². The minimum absolute atomic E-state index is 0.120. The second-order valence-electron chi connectivity index (χ2n) is 8.51. The second kappa shape index (κ2) is 9.65. The topological polar surface area (TPSA) is 118 Å². The Bertz CT molecular complexity index is 871. The van der Waals surface area contributed by atoms with Crippen molar-refractivity contribution in [1.29, 1.82) is 0 Å². The highest BCUT2D eigenvalue weighted by Crippen LogP contribution is 2.34. The minimum atomic E-state index is -0.234. The molecule has 168 valence electrons. The summed E-state index contributed by atoms with van der Waals surface area (Å²) in [6.45, 7) is 3.52. The number of hydrogen-bond donors (Lipinski definition) is 2. The Kier molecular flexibility index (Phi) is 6.72. The van der Waals surface area contributed by atoms with Gasteiger partial charge in [0.2, 0.25) is 11.7 Å². The van der Waals surface area contributed by atoms with Crippen molar-refractivity contribution in [3.05, 3.63) is 24.3 Å². The van der Waals surface area contributed by atoms with Crippen LogP contribution in [0.15, 0.2) is 28.8 Å². The van der Waals surface area contributed by atoms with Gasteiger partial charge in [0.15, 0.2) is 0 Å². The normalized spacial score (nSPS) is 24.5. The van der Waals surface area contributed by atoms with Gasteiger partial charge >= 0.3 is 6.01 Å². The Morgan fingerprint density at radius 2 is 2.10 bits per heavy atom. The number of piperidine rings is 1. The van der Waals surface area contributed by atoms with Crippen LogP contribution >= 0.6 is 0 Å². The highest BCUT2D eigenvalue weighted by atomic mass is 16.5. The fraction of sp³-hybridized carbons (Fsp3) is 0.591. The summed E-state index contributed by atoms with van der Waals surface area (Å²) in [5.74, 6) is 1.45. The molecule has 2 aromatic rings. The molecule has 1 aromatic heterocycles. The number of aliphatic hydroxyl groups excluding tert-OH is 1. The zero-order valence-corrected chi connectivity index (χ0v) is 17.9. The van der Waals surface area contributed by atoms with Crippen molar-refractivity contribution in [2.45, 2.75) is 31.7 Å². The number of aromatic nitrogens is 2. The molecule has 2 saturated heterocycles. The van der Waals surface area contributed by atoms with E-state index in [-0.39, 0.29) is 24.5 Å². The van der Waals surface area contributed by atoms with Gasteiger partial charge in [-0.1, -0.05) is 5.16 Å². The summed E-state index contributed by atoms with van der Waals surface area (Å²) in [6, 6.07) is 8.14. The van der Waals surface area contributed by atoms with Crippen molar-refractivity contribution in [2.75, 3.05) is 44.8 Å². The van der Waals surface area contributed by atoms with E-state index in [9.17, 15) is 9.90 Å². The quantitative estimate of drug-likeness (QED) is 0.648. The van der Waals surface area contributed by atoms with Gasteiger partial charge in [0.05, 0.1) is 13.7 Å². The first-order valence-electron chi connectivity index (χ1n) is 10.9. The minimum Gasteiger partial charge on any atom is -0.497 e. The van der Waals surface area contributed by atoms with Crippen molar-refractivity contribution < 1.29 is 19.2 Å². The van der Waals surface area contributed by atoms with E-state index in [0.29, 0.717) is 43.7 Å². The molecule has 9 heteroatoms. The third-order valence-electron chi connectivity index (χ3n) is 6.52. The Hall–Kier alpha value is -2.65. The third-order valence-corrected chi connectivity index (χ3v) is 6.52. The van der Waals surface area contributed by atoms with Crippen LogP contribution in [0.4, 0.5) is 6.01 Å². The van der Waals surface area contributed by atoms with Gasteiger partial charge in [-0.3, -0.25) is 4.79 Å². The number of carbonyl (C=O) groups is 1. The summed E-state index contributed by atoms with van der Waals surface area (Å²) in [5, 5.41) is 13.4. The average Bonchev–Trinajstić information content (AvgIpc) is 3.44. The number of benzene rings is 1. The van der Waals surface area contributed by atoms with E-state index in [1.165, 1.54) is 0 Å². The van der Waals surface area contributed by atoms with Crippen molar-refractivity contribution >= 4 is 11.9 Å². The average molecular weight is 430 g/mol. The molecule has 3 atom stereocenters. The monoisotopic (exact) mass is 429 g/mol. The summed E-state index contributed by atoms with van der Waals surface area (Å²) in [6.07, 6.45) is 3.41. The number of nitrogens with two attached hydrogens (primary N) is 1. The van der Waals surface area contributed by atoms with Crippen LogP contribution in [0.5, 0.6) is 5.75 Å². The number of likely N-dealkylation sites (tertiary alicyclic amines) is 1. The molecular weight excluding hydrogens is 398 g/mol. The van der Waals surface area contributed by atoms with E-state index in [2.05, 4.69) is 19.9 Å². The van der Waals surface area contributed by atoms with E-state index >= 15 is 0 Å². The number of methoxy groups -OCH3 is 1. The summed E-state index contributed by atoms with van der Waals surface area (Å²) >= 11 is 0. The van der Waals surface area contributed by atoms with Crippen LogP contribution in [0.25, 0.3) is 11.4 Å². The summed E-state index contributed by atoms with van der Waals surface area (Å²) in [5.41, 5.74) is 6.49. The molecule has 0 saturated carbocycles. The van der Waals surface area contributed by atoms with Gasteiger partial charge in [0.25, 0.3) is 0 Å². The maximum atomic E-state index is 11.9. The van der Waals surface area contributed by atoms with E-state index in [0.717, 1.165) is 37.2 Å². The molecule has 1 aromatic carbocycles. The molecule has 31 heavy (non-hydrogen) atoms. The molecular formula is C22H31N5O4. The number of β-amino-alcohol motifs (C(OH)–C–C–N with tert-alkyl or cyclic N) is 1. The van der Waals surface area contributed by atoms with Gasteiger partial charge in [0, 0.05) is 37.2 Å². The molecule has 0 bridgehead atoms. The predicted molar refractivity (Wildman–Crippen MR) is 116 cm³/mol. The van der Waals surface area contributed by atoms with Crippen molar-refractivity contribution in [2.24, 2.45) is 17.6 Å². The van der Waals surface area contributed by atoms with Crippen LogP contribution in [-0.4, -0.2) is 72.0 Å². The molecule has 3 heterocycles. The molecule has 4 rings (SSSR count). The van der Waals surface area contributed by atoms with Crippen molar-refractivity contribution in [1.82, 2.24) is 15.0 Å². The molecule has 2 fully saturated rings. The van der Waals surface area contributed by atoms with Gasteiger partial charge in [-0.15, -0.1) is 0 Å². The number of nitrogens with zero attached hydrogens (tertiary/aromatic N) is 4. The maximum Gasteiger partial charge on any atom is 0.324 e. The van der Waals surface area contributed by atoms with Crippen molar-refractivity contribution in [3.8, 4) is 17.1 Å². The van der Waals surface area contributed by atoms with E-state index in [1.807, 2.05) is 24.3 Å². The third kappa shape index (κ3) is 4.99. The standard InChI is InChI=1S/C22H31N5O4/c1-30-19-4-2-16(3-5-19)21-24-22(31-25-21)27-9-7-17(20(23)29)13-18(27)12-15-6-8-26(14-15)10-11-28/h2-5,15,17-18,28H,6-14H2,1H3,(H2,23,29). The highest BCUT2D eigenvalue weighted by Gasteiger charge is 2.36. The fourth-order valence-corrected chi connectivity index (χ4v) is 4.81. The Morgan fingerprint density at radius 3 is 2.81 bits per heavy atom. The summed E-state index contributed by atoms with van der Waals surface area (Å²) in [7, 11) is 1.63. The number of carbonyl (C=O) groups excluding carboxylic acids is 1. The van der Waals surface area contributed by atoms with Crippen molar-refractivity contribution in [3.63, 3.8) is 0 Å². The largest absolute Gasteiger partial charge is 0.497 e. The predicted octanol–water partition coefficient (Wildman–Crippen LogP) is 1.52. The smallest absolute Gasteiger partial charge is 0.324 e. The second-order valence-corrected chi connectivity index (χ2v) is 8.51. The summed E-state index contributed by atoms with van der Waals surface area (Å²) < 4.78 is 10.8.